The van der Waals surface area contributed by atoms with Gasteiger partial charge in [-0.2, -0.15) is 8.42 Å². The number of nitrogens with zero attached hydrogens (tertiary/aromatic N) is 2. The highest BCUT2D eigenvalue weighted by Crippen LogP contribution is 2.35. The van der Waals surface area contributed by atoms with Crippen LogP contribution in [0.1, 0.15) is 34.1 Å². The first-order valence-electron chi connectivity index (χ1n) is 12.8. The number of aryl methyl sites for hydroxylation is 1. The number of nitrogens with one attached hydrogen (secondary N) is 1. The van der Waals surface area contributed by atoms with Crippen molar-refractivity contribution in [1.82, 2.24) is 9.97 Å². The first-order valence-corrected chi connectivity index (χ1v) is 14.2. The predicted molar refractivity (Wildman–Crippen MR) is 147 cm³/mol. The highest BCUT2D eigenvalue weighted by Gasteiger charge is 2.29. The largest absolute Gasteiger partial charge is 0.367 e. The van der Waals surface area contributed by atoms with Crippen molar-refractivity contribution >= 4 is 21.7 Å². The predicted octanol–water partition coefficient (Wildman–Crippen LogP) is 5.77. The van der Waals surface area contributed by atoms with Crippen LogP contribution in [0.5, 0.6) is 0 Å². The van der Waals surface area contributed by atoms with Gasteiger partial charge in [0.1, 0.15) is 28.8 Å². The zero-order valence-electron chi connectivity index (χ0n) is 22.1. The summed E-state index contributed by atoms with van der Waals surface area (Å²) in [5, 5.41) is 2.64. The summed E-state index contributed by atoms with van der Waals surface area (Å²) in [6.45, 7) is 1.57. The maximum absolute atomic E-state index is 14.5. The average molecular weight is 596 g/mol. The van der Waals surface area contributed by atoms with Gasteiger partial charge >= 0.3 is 0 Å². The van der Waals surface area contributed by atoms with E-state index in [1.165, 1.54) is 24.5 Å². The summed E-state index contributed by atoms with van der Waals surface area (Å²) in [5.74, 6) is -3.84. The van der Waals surface area contributed by atoms with Crippen molar-refractivity contribution in [2.75, 3.05) is 11.9 Å². The Morgan fingerprint density at radius 1 is 1.02 bits per heavy atom. The molecule has 1 fully saturated rings. The molecule has 216 valence electrons. The van der Waals surface area contributed by atoms with Crippen molar-refractivity contribution in [2.45, 2.75) is 30.4 Å². The molecule has 42 heavy (non-hydrogen) atoms. The molecule has 1 N–H and O–H groups in total. The van der Waals surface area contributed by atoms with E-state index in [-0.39, 0.29) is 22.9 Å². The Morgan fingerprint density at radius 3 is 2.50 bits per heavy atom. The quantitative estimate of drug-likeness (QED) is 0.258. The summed E-state index contributed by atoms with van der Waals surface area (Å²) in [5.41, 5.74) is 0.0581. The molecule has 2 atom stereocenters. The Kier molecular flexibility index (Phi) is 8.66. The van der Waals surface area contributed by atoms with Gasteiger partial charge in [0.05, 0.1) is 41.2 Å². The van der Waals surface area contributed by atoms with Crippen LogP contribution >= 0.6 is 0 Å². The van der Waals surface area contributed by atoms with Gasteiger partial charge in [-0.05, 0) is 68.7 Å². The molecule has 1 saturated heterocycles. The number of pyridine rings is 2. The molecule has 8 nitrogen and oxygen atoms in total. The molecule has 0 aliphatic carbocycles. The molecule has 0 spiro atoms. The monoisotopic (exact) mass is 595 g/mol. The van der Waals surface area contributed by atoms with Crippen LogP contribution in [0.2, 0.25) is 0 Å². The molecule has 2 radical (unpaired) electrons. The molecule has 2 aromatic heterocycles. The van der Waals surface area contributed by atoms with E-state index >= 15 is 0 Å². The number of carbonyl (C=O) groups excluding carboxylic acids is 1. The smallest absolute Gasteiger partial charge is 0.297 e. The van der Waals surface area contributed by atoms with E-state index in [0.29, 0.717) is 12.0 Å². The molecule has 1 amide bonds. The topological polar surface area (TPSA) is 107 Å². The Morgan fingerprint density at radius 2 is 1.76 bits per heavy atom. The highest BCUT2D eigenvalue weighted by atomic mass is 32.2. The zero-order valence-corrected chi connectivity index (χ0v) is 22.9. The fraction of sp³-hybridized carbons (Fsp3) is 0.167. The average Bonchev–Trinajstić information content (AvgIpc) is 2.97. The van der Waals surface area contributed by atoms with Gasteiger partial charge in [0.25, 0.3) is 16.0 Å². The van der Waals surface area contributed by atoms with Crippen molar-refractivity contribution in [1.29, 1.82) is 0 Å². The van der Waals surface area contributed by atoms with Crippen molar-refractivity contribution in [3.8, 4) is 11.3 Å². The fourth-order valence-corrected chi connectivity index (χ4v) is 5.25. The van der Waals surface area contributed by atoms with Crippen molar-refractivity contribution in [3.05, 3.63) is 120 Å². The molecule has 12 heteroatoms. The van der Waals surface area contributed by atoms with Crippen molar-refractivity contribution in [3.63, 3.8) is 0 Å². The van der Waals surface area contributed by atoms with Crippen LogP contribution in [0.4, 0.5) is 18.9 Å². The number of aromatic nitrogens is 2. The third-order valence-electron chi connectivity index (χ3n) is 6.47. The van der Waals surface area contributed by atoms with E-state index in [4.69, 9.17) is 8.92 Å². The van der Waals surface area contributed by atoms with E-state index in [1.54, 1.807) is 24.6 Å². The van der Waals surface area contributed by atoms with Crippen LogP contribution in [-0.2, 0) is 19.0 Å². The molecule has 5 rings (SSSR count). The molecule has 1 aliphatic rings. The first kappa shape index (κ1) is 29.4. The van der Waals surface area contributed by atoms with Gasteiger partial charge in [0, 0.05) is 11.8 Å². The summed E-state index contributed by atoms with van der Waals surface area (Å²) in [6.07, 6.45) is 5.46. The molecule has 2 aromatic carbocycles. The number of carbonyl (C=O) groups is 1. The minimum Gasteiger partial charge on any atom is -0.367 e. The Bertz CT molecular complexity index is 1700. The third kappa shape index (κ3) is 6.51. The number of benzene rings is 2. The summed E-state index contributed by atoms with van der Waals surface area (Å²) in [7, 11) is -4.01. The standard InChI is InChI=1S/C30H24F3N3O5S/c1-18-8-10-20(11-9-18)42(38,39)40-17-19-4-2-7-27(41-19)21-14-15-34-16-26(21)36-30(37)25-13-12-24(33)29(35-25)28-22(31)5-3-6-23(28)32/h2-6,8-16,19,27H,7,17H2,1H3,(H,36,37)/t19-,27-/m1/s1. The summed E-state index contributed by atoms with van der Waals surface area (Å²) < 4.78 is 79.5. The lowest BCUT2D eigenvalue weighted by Gasteiger charge is -2.30. The minimum atomic E-state index is -4.01. The number of hydrogen-bond donors (Lipinski definition) is 1. The van der Waals surface area contributed by atoms with E-state index in [1.807, 2.05) is 13.3 Å². The number of halogens is 3. The van der Waals surface area contributed by atoms with Crippen LogP contribution in [0.3, 0.4) is 0 Å². The number of amides is 1. The van der Waals surface area contributed by atoms with Crippen LogP contribution in [0, 0.1) is 37.2 Å². The Hall–Kier alpha value is -4.13. The maximum atomic E-state index is 14.5. The molecule has 1 aliphatic heterocycles. The molecular weight excluding hydrogens is 571 g/mol. The lowest BCUT2D eigenvalue weighted by atomic mass is 9.98. The van der Waals surface area contributed by atoms with Gasteiger partial charge in [-0.15, -0.1) is 0 Å². The maximum Gasteiger partial charge on any atom is 0.297 e. The lowest BCUT2D eigenvalue weighted by Crippen LogP contribution is -2.29. The van der Waals surface area contributed by atoms with Gasteiger partial charge in [0.15, 0.2) is 0 Å². The molecule has 4 aromatic rings. The van der Waals surface area contributed by atoms with Crippen LogP contribution in [0.15, 0.2) is 78.0 Å². The molecule has 0 saturated carbocycles. The van der Waals surface area contributed by atoms with Crippen molar-refractivity contribution in [2.24, 2.45) is 0 Å². The summed E-state index contributed by atoms with van der Waals surface area (Å²) in [6, 6.07) is 12.9. The Labute approximate surface area is 240 Å². The zero-order chi connectivity index (χ0) is 29.9. The van der Waals surface area contributed by atoms with E-state index in [2.05, 4.69) is 15.3 Å². The van der Waals surface area contributed by atoms with Gasteiger partial charge in [0.2, 0.25) is 0 Å². The molecule has 3 heterocycles. The van der Waals surface area contributed by atoms with Gasteiger partial charge in [-0.1, -0.05) is 23.8 Å². The SMILES string of the molecule is Cc1ccc(S(=O)(=O)OC[C@H]2[CH][CH]C[C@H](c3ccncc3NC(=O)c3ccc(F)c(-c4c(F)cccc4F)n3)O2)cc1. The van der Waals surface area contributed by atoms with Gasteiger partial charge in [-0.25, -0.2) is 18.2 Å². The number of ether oxygens (including phenoxy) is 1. The van der Waals surface area contributed by atoms with Crippen LogP contribution in [0.25, 0.3) is 11.3 Å². The summed E-state index contributed by atoms with van der Waals surface area (Å²) in [4.78, 5) is 21.1. The Balaban J connectivity index is 1.30. The van der Waals surface area contributed by atoms with Gasteiger partial charge in [-0.3, -0.25) is 14.0 Å². The van der Waals surface area contributed by atoms with Crippen molar-refractivity contribution < 1.29 is 35.3 Å². The van der Waals surface area contributed by atoms with Gasteiger partial charge < -0.3 is 10.1 Å². The number of anilines is 1. The van der Waals surface area contributed by atoms with Crippen LogP contribution in [-0.4, -0.2) is 37.0 Å². The normalized spacial score (nSPS) is 17.1. The first-order chi connectivity index (χ1) is 20.1. The van der Waals surface area contributed by atoms with E-state index < -0.39 is 56.9 Å². The molecular formula is C30H24F3N3O5S. The van der Waals surface area contributed by atoms with E-state index in [0.717, 1.165) is 35.9 Å². The third-order valence-corrected chi connectivity index (χ3v) is 7.76. The number of rotatable bonds is 8. The molecule has 0 bridgehead atoms. The second-order valence-electron chi connectivity index (χ2n) is 9.42. The van der Waals surface area contributed by atoms with E-state index in [9.17, 15) is 26.4 Å². The second-order valence-corrected chi connectivity index (χ2v) is 11.0. The minimum absolute atomic E-state index is 0.0267. The lowest BCUT2D eigenvalue weighted by molar-refractivity contribution is -0.0300. The second kappa shape index (κ2) is 12.4. The summed E-state index contributed by atoms with van der Waals surface area (Å²) >= 11 is 0. The highest BCUT2D eigenvalue weighted by molar-refractivity contribution is 7.86. The molecule has 0 unspecified atom stereocenters. The van der Waals surface area contributed by atoms with Crippen LogP contribution < -0.4 is 5.32 Å². The fourth-order valence-electron chi connectivity index (χ4n) is 4.34. The number of hydrogen-bond acceptors (Lipinski definition) is 7.